The Morgan fingerprint density at radius 2 is 0.818 bits per heavy atom. The van der Waals surface area contributed by atoms with Gasteiger partial charge in [0, 0.05) is 6.42 Å². The first-order valence-corrected chi connectivity index (χ1v) is 26.4. The second kappa shape index (κ2) is 52.0. The van der Waals surface area contributed by atoms with Gasteiger partial charge in [-0.25, -0.2) is 0 Å². The van der Waals surface area contributed by atoms with Crippen molar-refractivity contribution in [2.24, 2.45) is 0 Å². The molecule has 0 saturated carbocycles. The van der Waals surface area contributed by atoms with Crippen molar-refractivity contribution in [3.63, 3.8) is 0 Å². The van der Waals surface area contributed by atoms with Crippen molar-refractivity contribution in [2.45, 2.75) is 225 Å². The van der Waals surface area contributed by atoms with Crippen molar-refractivity contribution in [3.05, 3.63) is 134 Å². The quantitative estimate of drug-likeness (QED) is 0.0321. The average molecular weight is 912 g/mol. The summed E-state index contributed by atoms with van der Waals surface area (Å²) in [5.41, 5.74) is 0. The van der Waals surface area contributed by atoms with Gasteiger partial charge in [-0.2, -0.15) is 0 Å². The van der Waals surface area contributed by atoms with Crippen LogP contribution >= 0.6 is 0 Å². The largest absolute Gasteiger partial charge is 0.458 e. The lowest BCUT2D eigenvalue weighted by Gasteiger charge is -2.23. The highest BCUT2D eigenvalue weighted by Crippen LogP contribution is 2.15. The Morgan fingerprint density at radius 3 is 1.20 bits per heavy atom. The average Bonchev–Trinajstić information content (AvgIpc) is 3.31. The van der Waals surface area contributed by atoms with E-state index in [-0.39, 0.29) is 31.3 Å². The summed E-state index contributed by atoms with van der Waals surface area (Å²) in [5.74, 6) is -0.741. The van der Waals surface area contributed by atoms with Crippen LogP contribution in [-0.2, 0) is 14.3 Å². The molecule has 66 heavy (non-hydrogen) atoms. The molecule has 0 aromatic rings. The van der Waals surface area contributed by atoms with Gasteiger partial charge < -0.3 is 20.3 Å². The van der Waals surface area contributed by atoms with Crippen molar-refractivity contribution in [1.82, 2.24) is 5.32 Å². The van der Waals surface area contributed by atoms with E-state index in [2.05, 4.69) is 142 Å². The molecule has 0 saturated heterocycles. The van der Waals surface area contributed by atoms with E-state index >= 15 is 0 Å². The highest BCUT2D eigenvalue weighted by molar-refractivity contribution is 5.78. The van der Waals surface area contributed by atoms with Crippen molar-refractivity contribution < 1.29 is 24.5 Å². The molecule has 0 radical (unpaired) electrons. The van der Waals surface area contributed by atoms with E-state index in [4.69, 9.17) is 4.74 Å². The van der Waals surface area contributed by atoms with Gasteiger partial charge in [-0.15, -0.1) is 0 Å². The van der Waals surface area contributed by atoms with E-state index in [0.717, 1.165) is 83.5 Å². The number of allylic oxidation sites excluding steroid dienone is 21. The number of rotatable bonds is 45. The standard InChI is InChI=1S/C60H97NO5/c1-4-7-10-13-16-19-22-25-28-29-30-31-32-35-38-41-44-47-50-53-60(65)66-56(51-48-45-42-39-36-33-26-23-20-17-14-11-8-5-2)54-59(64)61-57(55-62)58(63)52-49-46-43-40-37-34-27-24-21-18-15-12-9-6-3/h7-8,10-11,16-17,19-20,25-26,28,30-31,33,35,38-39,42,44,47-48,51,56-58,62-63H,4-6,9,12-15,18,21-24,27,29,32,34,36-37,40-41,43,45-46,49-50,52-55H2,1-3H3,(H,61,64)/b10-7-,11-8+,19-16-,20-17+,28-25-,31-30-,33-26+,38-35-,42-39+,47-44-,51-48+. The molecule has 0 aliphatic heterocycles. The Bertz CT molecular complexity index is 1440. The number of ether oxygens (including phenoxy) is 1. The topological polar surface area (TPSA) is 95.9 Å². The normalized spacial score (nSPS) is 14.3. The molecule has 6 heteroatoms. The van der Waals surface area contributed by atoms with Crippen LogP contribution in [0.25, 0.3) is 0 Å². The fraction of sp³-hybridized carbons (Fsp3) is 0.600. The summed E-state index contributed by atoms with van der Waals surface area (Å²) >= 11 is 0. The van der Waals surface area contributed by atoms with Crippen LogP contribution in [0.4, 0.5) is 0 Å². The Balaban J connectivity index is 4.84. The molecule has 0 heterocycles. The van der Waals surface area contributed by atoms with Gasteiger partial charge >= 0.3 is 5.97 Å². The van der Waals surface area contributed by atoms with E-state index in [9.17, 15) is 19.8 Å². The van der Waals surface area contributed by atoms with Gasteiger partial charge in [-0.3, -0.25) is 9.59 Å². The Hall–Kier alpha value is -4.00. The predicted molar refractivity (Wildman–Crippen MR) is 286 cm³/mol. The molecule has 0 rings (SSSR count). The molecule has 0 aliphatic rings. The minimum Gasteiger partial charge on any atom is -0.458 e. The number of aliphatic hydroxyl groups excluding tert-OH is 2. The van der Waals surface area contributed by atoms with E-state index in [1.165, 1.54) is 70.6 Å². The zero-order chi connectivity index (χ0) is 48.1. The van der Waals surface area contributed by atoms with Crippen LogP contribution in [0, 0.1) is 0 Å². The summed E-state index contributed by atoms with van der Waals surface area (Å²) in [5, 5.41) is 23.7. The summed E-state index contributed by atoms with van der Waals surface area (Å²) in [4.78, 5) is 26.1. The Kier molecular flexibility index (Phi) is 48.8. The molecule has 0 spiro atoms. The highest BCUT2D eigenvalue weighted by Gasteiger charge is 2.23. The number of nitrogens with one attached hydrogen (secondary N) is 1. The monoisotopic (exact) mass is 912 g/mol. The SMILES string of the molecule is CC/C=C\C/C=C\C/C=C\C/C=C\C/C=C\C/C=C\CCC(=O)OC(/C=C/C/C=C/C/C=C/C/C=C/C/C=C/CC)CC(=O)NC(CO)C(O)CCCCCCCCCCCCCCCC. The van der Waals surface area contributed by atoms with Gasteiger partial charge in [0.15, 0.2) is 0 Å². The second-order valence-corrected chi connectivity index (χ2v) is 17.2. The number of amides is 1. The first-order valence-electron chi connectivity index (χ1n) is 26.4. The van der Waals surface area contributed by atoms with Crippen LogP contribution in [-0.4, -0.2) is 46.9 Å². The molecule has 372 valence electrons. The number of carbonyl (C=O) groups excluding carboxylic acids is 2. The fourth-order valence-corrected chi connectivity index (χ4v) is 7.06. The number of unbranched alkanes of at least 4 members (excludes halogenated alkanes) is 13. The molecule has 0 bridgehead atoms. The molecule has 0 aromatic heterocycles. The van der Waals surface area contributed by atoms with Gasteiger partial charge in [0.1, 0.15) is 6.10 Å². The summed E-state index contributed by atoms with van der Waals surface area (Å²) in [6, 6.07) is -0.766. The fourth-order valence-electron chi connectivity index (χ4n) is 7.06. The molecule has 3 N–H and O–H groups in total. The molecular formula is C60H97NO5. The van der Waals surface area contributed by atoms with Gasteiger partial charge in [-0.05, 0) is 89.5 Å². The highest BCUT2D eigenvalue weighted by atomic mass is 16.5. The number of aliphatic hydroxyl groups is 2. The molecule has 3 unspecified atom stereocenters. The van der Waals surface area contributed by atoms with Crippen LogP contribution in [0.1, 0.15) is 207 Å². The molecule has 6 nitrogen and oxygen atoms in total. The van der Waals surface area contributed by atoms with E-state index in [1.807, 2.05) is 12.2 Å². The molecule has 0 fully saturated rings. The van der Waals surface area contributed by atoms with Gasteiger partial charge in [0.05, 0.1) is 25.2 Å². The van der Waals surface area contributed by atoms with Crippen LogP contribution in [0.5, 0.6) is 0 Å². The first kappa shape index (κ1) is 62.0. The van der Waals surface area contributed by atoms with Crippen LogP contribution in [0.2, 0.25) is 0 Å². The lowest BCUT2D eigenvalue weighted by atomic mass is 10.0. The first-order chi connectivity index (χ1) is 32.5. The van der Waals surface area contributed by atoms with Crippen LogP contribution in [0.3, 0.4) is 0 Å². The van der Waals surface area contributed by atoms with E-state index < -0.39 is 18.2 Å². The maximum atomic E-state index is 13.2. The maximum absolute atomic E-state index is 13.2. The van der Waals surface area contributed by atoms with Crippen LogP contribution in [0.15, 0.2) is 134 Å². The molecular weight excluding hydrogens is 815 g/mol. The smallest absolute Gasteiger partial charge is 0.306 e. The lowest BCUT2D eigenvalue weighted by Crippen LogP contribution is -2.46. The molecule has 0 aliphatic carbocycles. The Labute approximate surface area is 405 Å². The molecule has 0 aromatic carbocycles. The third-order valence-electron chi connectivity index (χ3n) is 11.0. The summed E-state index contributed by atoms with van der Waals surface area (Å²) in [6.45, 7) is 6.19. The lowest BCUT2D eigenvalue weighted by molar-refractivity contribution is -0.148. The van der Waals surface area contributed by atoms with Gasteiger partial charge in [0.25, 0.3) is 0 Å². The minimum absolute atomic E-state index is 0.0849. The third-order valence-corrected chi connectivity index (χ3v) is 11.0. The number of esters is 1. The number of hydrogen-bond acceptors (Lipinski definition) is 5. The van der Waals surface area contributed by atoms with E-state index in [1.54, 1.807) is 6.08 Å². The molecule has 1 amide bonds. The summed E-state index contributed by atoms with van der Waals surface area (Å²) in [7, 11) is 0. The van der Waals surface area contributed by atoms with Crippen LogP contribution < -0.4 is 5.32 Å². The second-order valence-electron chi connectivity index (χ2n) is 17.2. The van der Waals surface area contributed by atoms with E-state index in [0.29, 0.717) is 19.3 Å². The summed E-state index contributed by atoms with van der Waals surface area (Å²) < 4.78 is 5.78. The van der Waals surface area contributed by atoms with Gasteiger partial charge in [-0.1, -0.05) is 238 Å². The summed E-state index contributed by atoms with van der Waals surface area (Å²) in [6.07, 6.45) is 74.1. The number of carbonyl (C=O) groups is 2. The van der Waals surface area contributed by atoms with Crippen molar-refractivity contribution in [3.8, 4) is 0 Å². The van der Waals surface area contributed by atoms with Gasteiger partial charge in [0.2, 0.25) is 5.91 Å². The zero-order valence-electron chi connectivity index (χ0n) is 42.3. The van der Waals surface area contributed by atoms with Crippen molar-refractivity contribution in [1.29, 1.82) is 0 Å². The number of hydrogen-bond donors (Lipinski definition) is 3. The Morgan fingerprint density at radius 1 is 0.470 bits per heavy atom. The minimum atomic E-state index is -0.840. The third kappa shape index (κ3) is 46.5. The van der Waals surface area contributed by atoms with Crippen molar-refractivity contribution >= 4 is 11.9 Å². The zero-order valence-corrected chi connectivity index (χ0v) is 42.3. The van der Waals surface area contributed by atoms with Crippen molar-refractivity contribution in [2.75, 3.05) is 6.61 Å². The maximum Gasteiger partial charge on any atom is 0.306 e. The predicted octanol–water partition coefficient (Wildman–Crippen LogP) is 16.2. The molecule has 3 atom stereocenters.